The van der Waals surface area contributed by atoms with Crippen LogP contribution >= 0.6 is 0 Å². The minimum absolute atomic E-state index is 0.239. The van der Waals surface area contributed by atoms with E-state index >= 15 is 0 Å². The fourth-order valence-corrected chi connectivity index (χ4v) is 2.70. The Morgan fingerprint density at radius 3 is 2.46 bits per heavy atom. The van der Waals surface area contributed by atoms with E-state index in [-0.39, 0.29) is 6.09 Å². The first-order chi connectivity index (χ1) is 11.2. The maximum absolute atomic E-state index is 12.1. The largest absolute Gasteiger partial charge is 0.444 e. The number of carbonyl (C=O) groups excluding carboxylic acids is 1. The SMILES string of the molecule is C#Cc1cc(N)c(C)c(CN2CCN(C(=O)OC(C)(C)C)CC2)c1. The molecule has 0 aromatic heterocycles. The number of ether oxygens (including phenoxy) is 1. The molecule has 1 aromatic carbocycles. The van der Waals surface area contributed by atoms with Crippen LogP contribution in [0, 0.1) is 19.3 Å². The number of rotatable bonds is 2. The summed E-state index contributed by atoms with van der Waals surface area (Å²) in [5, 5.41) is 0. The van der Waals surface area contributed by atoms with Gasteiger partial charge >= 0.3 is 6.09 Å². The summed E-state index contributed by atoms with van der Waals surface area (Å²) < 4.78 is 5.43. The number of hydrogen-bond donors (Lipinski definition) is 1. The Labute approximate surface area is 144 Å². The topological polar surface area (TPSA) is 58.8 Å². The molecule has 0 atom stereocenters. The smallest absolute Gasteiger partial charge is 0.410 e. The van der Waals surface area contributed by atoms with Crippen LogP contribution in [0.15, 0.2) is 12.1 Å². The lowest BCUT2D eigenvalue weighted by molar-refractivity contribution is 0.0139. The number of nitrogens with two attached hydrogens (primary N) is 1. The molecule has 0 radical (unpaired) electrons. The highest BCUT2D eigenvalue weighted by Crippen LogP contribution is 2.21. The van der Waals surface area contributed by atoms with Gasteiger partial charge in [-0.1, -0.05) is 5.92 Å². The summed E-state index contributed by atoms with van der Waals surface area (Å²) in [7, 11) is 0. The molecule has 24 heavy (non-hydrogen) atoms. The normalized spacial score (nSPS) is 15.9. The van der Waals surface area contributed by atoms with E-state index in [9.17, 15) is 4.79 Å². The summed E-state index contributed by atoms with van der Waals surface area (Å²) in [6, 6.07) is 3.85. The van der Waals surface area contributed by atoms with Crippen molar-refractivity contribution in [2.45, 2.75) is 39.8 Å². The molecule has 1 heterocycles. The van der Waals surface area contributed by atoms with Crippen LogP contribution in [0.3, 0.4) is 0 Å². The van der Waals surface area contributed by atoms with Crippen molar-refractivity contribution < 1.29 is 9.53 Å². The third-order valence-corrected chi connectivity index (χ3v) is 4.14. The Morgan fingerprint density at radius 2 is 1.92 bits per heavy atom. The molecule has 2 N–H and O–H groups in total. The highest BCUT2D eigenvalue weighted by molar-refractivity contribution is 5.68. The van der Waals surface area contributed by atoms with Crippen molar-refractivity contribution in [2.75, 3.05) is 31.9 Å². The van der Waals surface area contributed by atoms with Crippen molar-refractivity contribution in [3.05, 3.63) is 28.8 Å². The lowest BCUT2D eigenvalue weighted by Crippen LogP contribution is -2.49. The van der Waals surface area contributed by atoms with Gasteiger partial charge in [0.1, 0.15) is 5.60 Å². The second kappa shape index (κ2) is 7.14. The van der Waals surface area contributed by atoms with Crippen LogP contribution in [0.1, 0.15) is 37.5 Å². The van der Waals surface area contributed by atoms with Gasteiger partial charge in [0, 0.05) is 44.0 Å². The molecule has 0 spiro atoms. The molecule has 2 rings (SSSR count). The van der Waals surface area contributed by atoms with Crippen LogP contribution in [-0.2, 0) is 11.3 Å². The molecule has 5 heteroatoms. The Morgan fingerprint density at radius 1 is 1.29 bits per heavy atom. The average molecular weight is 329 g/mol. The number of amides is 1. The van der Waals surface area contributed by atoms with Crippen LogP contribution < -0.4 is 5.73 Å². The molecular formula is C19H27N3O2. The van der Waals surface area contributed by atoms with Gasteiger partial charge in [0.2, 0.25) is 0 Å². The molecule has 5 nitrogen and oxygen atoms in total. The molecule has 1 aromatic rings. The minimum Gasteiger partial charge on any atom is -0.444 e. The molecule has 1 saturated heterocycles. The Bertz CT molecular complexity index is 648. The summed E-state index contributed by atoms with van der Waals surface area (Å²) in [6.07, 6.45) is 5.26. The molecule has 130 valence electrons. The zero-order chi connectivity index (χ0) is 17.9. The first-order valence-electron chi connectivity index (χ1n) is 8.25. The van der Waals surface area contributed by atoms with Gasteiger partial charge in [0.15, 0.2) is 0 Å². The van der Waals surface area contributed by atoms with Crippen molar-refractivity contribution in [3.8, 4) is 12.3 Å². The summed E-state index contributed by atoms with van der Waals surface area (Å²) in [5.74, 6) is 2.65. The third kappa shape index (κ3) is 4.65. The van der Waals surface area contributed by atoms with E-state index in [1.54, 1.807) is 4.90 Å². The highest BCUT2D eigenvalue weighted by atomic mass is 16.6. The maximum Gasteiger partial charge on any atom is 0.410 e. The van der Waals surface area contributed by atoms with Gasteiger partial charge in [0.25, 0.3) is 0 Å². The number of nitrogen functional groups attached to an aromatic ring is 1. The van der Waals surface area contributed by atoms with Gasteiger partial charge < -0.3 is 15.4 Å². The van der Waals surface area contributed by atoms with Crippen molar-refractivity contribution in [2.24, 2.45) is 0 Å². The number of nitrogens with zero attached hydrogens (tertiary/aromatic N) is 2. The van der Waals surface area contributed by atoms with Gasteiger partial charge in [0.05, 0.1) is 0 Å². The molecular weight excluding hydrogens is 302 g/mol. The second-order valence-electron chi connectivity index (χ2n) is 7.24. The zero-order valence-electron chi connectivity index (χ0n) is 15.1. The lowest BCUT2D eigenvalue weighted by Gasteiger charge is -2.35. The summed E-state index contributed by atoms with van der Waals surface area (Å²) >= 11 is 0. The Hall–Kier alpha value is -2.19. The van der Waals surface area contributed by atoms with Crippen LogP contribution in [-0.4, -0.2) is 47.7 Å². The molecule has 1 fully saturated rings. The predicted octanol–water partition coefficient (Wildman–Crippen LogP) is 2.61. The first kappa shape index (κ1) is 18.2. The van der Waals surface area contributed by atoms with Crippen LogP contribution in [0.4, 0.5) is 10.5 Å². The number of benzene rings is 1. The van der Waals surface area contributed by atoms with E-state index in [0.717, 1.165) is 42.0 Å². The van der Waals surface area contributed by atoms with Gasteiger partial charge in [-0.2, -0.15) is 0 Å². The average Bonchev–Trinajstić information content (AvgIpc) is 2.50. The van der Waals surface area contributed by atoms with Crippen molar-refractivity contribution in [1.29, 1.82) is 0 Å². The number of anilines is 1. The van der Waals surface area contributed by atoms with Crippen LogP contribution in [0.2, 0.25) is 0 Å². The van der Waals surface area contributed by atoms with E-state index in [0.29, 0.717) is 13.1 Å². The molecule has 1 amide bonds. The van der Waals surface area contributed by atoms with Gasteiger partial charge in [-0.15, -0.1) is 6.42 Å². The van der Waals surface area contributed by atoms with Gasteiger partial charge in [-0.3, -0.25) is 4.90 Å². The lowest BCUT2D eigenvalue weighted by atomic mass is 10.0. The molecule has 0 saturated carbocycles. The van der Waals surface area contributed by atoms with E-state index in [1.807, 2.05) is 39.8 Å². The fraction of sp³-hybridized carbons (Fsp3) is 0.526. The van der Waals surface area contributed by atoms with E-state index in [4.69, 9.17) is 16.9 Å². The predicted molar refractivity (Wildman–Crippen MR) is 96.6 cm³/mol. The molecule has 0 aliphatic carbocycles. The Balaban J connectivity index is 1.96. The quantitative estimate of drug-likeness (QED) is 0.669. The number of hydrogen-bond acceptors (Lipinski definition) is 4. The van der Waals surface area contributed by atoms with Gasteiger partial charge in [-0.05, 0) is 51.0 Å². The van der Waals surface area contributed by atoms with E-state index in [2.05, 4.69) is 10.8 Å². The van der Waals surface area contributed by atoms with Crippen molar-refractivity contribution in [3.63, 3.8) is 0 Å². The van der Waals surface area contributed by atoms with Crippen LogP contribution in [0.5, 0.6) is 0 Å². The zero-order valence-corrected chi connectivity index (χ0v) is 15.1. The monoisotopic (exact) mass is 329 g/mol. The molecule has 1 aliphatic rings. The standard InChI is InChI=1S/C19H27N3O2/c1-6-15-11-16(14(2)17(20)12-15)13-21-7-9-22(10-8-21)18(23)24-19(3,4)5/h1,11-12H,7-10,13,20H2,2-5H3. The number of piperazine rings is 1. The Kier molecular flexibility index (Phi) is 5.40. The molecule has 0 unspecified atom stereocenters. The number of terminal acetylenes is 1. The van der Waals surface area contributed by atoms with Crippen LogP contribution in [0.25, 0.3) is 0 Å². The summed E-state index contributed by atoms with van der Waals surface area (Å²) in [4.78, 5) is 16.2. The number of carbonyl (C=O) groups is 1. The second-order valence-corrected chi connectivity index (χ2v) is 7.24. The van der Waals surface area contributed by atoms with Gasteiger partial charge in [-0.25, -0.2) is 4.79 Å². The first-order valence-corrected chi connectivity index (χ1v) is 8.25. The maximum atomic E-state index is 12.1. The van der Waals surface area contributed by atoms with Crippen molar-refractivity contribution in [1.82, 2.24) is 9.80 Å². The van der Waals surface area contributed by atoms with E-state index < -0.39 is 5.60 Å². The van der Waals surface area contributed by atoms with Crippen molar-refractivity contribution >= 4 is 11.8 Å². The summed E-state index contributed by atoms with van der Waals surface area (Å²) in [5.41, 5.74) is 9.33. The highest BCUT2D eigenvalue weighted by Gasteiger charge is 2.26. The molecule has 0 bridgehead atoms. The summed E-state index contributed by atoms with van der Waals surface area (Å²) in [6.45, 7) is 11.4. The minimum atomic E-state index is -0.460. The molecule has 1 aliphatic heterocycles. The fourth-order valence-electron chi connectivity index (χ4n) is 2.70. The van der Waals surface area contributed by atoms with E-state index in [1.165, 1.54) is 0 Å². The third-order valence-electron chi connectivity index (χ3n) is 4.14.